The first kappa shape index (κ1) is 15.2. The lowest BCUT2D eigenvalue weighted by Crippen LogP contribution is -2.40. The van der Waals surface area contributed by atoms with Crippen LogP contribution in [0, 0.1) is 11.7 Å². The molecule has 1 amide bonds. The van der Waals surface area contributed by atoms with E-state index in [4.69, 9.17) is 0 Å². The number of thiophene rings is 1. The molecular weight excluding hydrogens is 301 g/mol. The lowest BCUT2D eigenvalue weighted by Gasteiger charge is -2.31. The van der Waals surface area contributed by atoms with E-state index in [1.54, 1.807) is 35.2 Å². The molecule has 2 heterocycles. The average molecular weight is 319 g/mol. The Kier molecular flexibility index (Phi) is 4.55. The standard InChI is InChI=1S/C17H18FNO2S/c18-14-6-2-1-5-13(14)15-7-8-16(22-15)17(21)19-9-3-4-12(10-19)11-20/h1-2,5-8,12,20H,3-4,9-11H2. The molecule has 1 unspecified atom stereocenters. The average Bonchev–Trinajstić information content (AvgIpc) is 3.04. The Hall–Kier alpha value is -1.72. The molecule has 1 aromatic heterocycles. The van der Waals surface area contributed by atoms with Crippen molar-refractivity contribution in [3.8, 4) is 10.4 Å². The van der Waals surface area contributed by atoms with Crippen molar-refractivity contribution in [3.63, 3.8) is 0 Å². The highest BCUT2D eigenvalue weighted by molar-refractivity contribution is 7.17. The normalized spacial score (nSPS) is 18.5. The summed E-state index contributed by atoms with van der Waals surface area (Å²) in [5.41, 5.74) is 0.526. The van der Waals surface area contributed by atoms with Crippen LogP contribution in [0.5, 0.6) is 0 Å². The summed E-state index contributed by atoms with van der Waals surface area (Å²) in [6.07, 6.45) is 1.88. The number of carbonyl (C=O) groups is 1. The zero-order chi connectivity index (χ0) is 15.5. The summed E-state index contributed by atoms with van der Waals surface area (Å²) in [6, 6.07) is 10.1. The number of benzene rings is 1. The van der Waals surface area contributed by atoms with Crippen molar-refractivity contribution in [2.24, 2.45) is 5.92 Å². The summed E-state index contributed by atoms with van der Waals surface area (Å²) < 4.78 is 13.8. The molecule has 1 fully saturated rings. The minimum absolute atomic E-state index is 0.0225. The smallest absolute Gasteiger partial charge is 0.263 e. The fourth-order valence-electron chi connectivity index (χ4n) is 2.81. The van der Waals surface area contributed by atoms with Crippen LogP contribution in [0.2, 0.25) is 0 Å². The summed E-state index contributed by atoms with van der Waals surface area (Å²) >= 11 is 1.32. The summed E-state index contributed by atoms with van der Waals surface area (Å²) in [6.45, 7) is 1.44. The highest BCUT2D eigenvalue weighted by Gasteiger charge is 2.25. The van der Waals surface area contributed by atoms with E-state index in [2.05, 4.69) is 0 Å². The first-order chi connectivity index (χ1) is 10.7. The van der Waals surface area contributed by atoms with Gasteiger partial charge in [0.05, 0.1) is 4.88 Å². The molecule has 0 spiro atoms. The largest absolute Gasteiger partial charge is 0.396 e. The van der Waals surface area contributed by atoms with Gasteiger partial charge >= 0.3 is 0 Å². The molecule has 1 aliphatic rings. The fraction of sp³-hybridized carbons (Fsp3) is 0.353. The van der Waals surface area contributed by atoms with Gasteiger partial charge in [-0.1, -0.05) is 18.2 Å². The molecule has 1 aliphatic heterocycles. The quantitative estimate of drug-likeness (QED) is 0.942. The fourth-order valence-corrected chi connectivity index (χ4v) is 3.81. The molecule has 2 aromatic rings. The summed E-state index contributed by atoms with van der Waals surface area (Å²) in [5.74, 6) is -0.129. The topological polar surface area (TPSA) is 40.5 Å². The van der Waals surface area contributed by atoms with E-state index in [1.165, 1.54) is 17.4 Å². The molecule has 3 nitrogen and oxygen atoms in total. The second-order valence-electron chi connectivity index (χ2n) is 5.59. The highest BCUT2D eigenvalue weighted by Crippen LogP contribution is 2.31. The highest BCUT2D eigenvalue weighted by atomic mass is 32.1. The van der Waals surface area contributed by atoms with E-state index in [0.29, 0.717) is 17.0 Å². The first-order valence-electron chi connectivity index (χ1n) is 7.44. The third-order valence-electron chi connectivity index (χ3n) is 4.02. The Morgan fingerprint density at radius 3 is 2.91 bits per heavy atom. The van der Waals surface area contributed by atoms with Gasteiger partial charge in [0, 0.05) is 30.1 Å². The van der Waals surface area contributed by atoms with Gasteiger partial charge in [-0.15, -0.1) is 11.3 Å². The van der Waals surface area contributed by atoms with Gasteiger partial charge in [0.25, 0.3) is 5.91 Å². The molecule has 116 valence electrons. The van der Waals surface area contributed by atoms with Crippen LogP contribution in [0.15, 0.2) is 36.4 Å². The van der Waals surface area contributed by atoms with Gasteiger partial charge < -0.3 is 10.0 Å². The Balaban J connectivity index is 1.79. The van der Waals surface area contributed by atoms with E-state index in [1.807, 2.05) is 0 Å². The molecule has 1 saturated heterocycles. The molecule has 3 rings (SSSR count). The molecule has 22 heavy (non-hydrogen) atoms. The van der Waals surface area contributed by atoms with E-state index >= 15 is 0 Å². The van der Waals surface area contributed by atoms with Gasteiger partial charge in [0.2, 0.25) is 0 Å². The zero-order valence-corrected chi connectivity index (χ0v) is 13.0. The molecule has 1 N–H and O–H groups in total. The van der Waals surface area contributed by atoms with Crippen LogP contribution < -0.4 is 0 Å². The van der Waals surface area contributed by atoms with Crippen molar-refractivity contribution < 1.29 is 14.3 Å². The number of halogens is 1. The molecule has 1 atom stereocenters. The van der Waals surface area contributed by atoms with Crippen LogP contribution in [-0.2, 0) is 0 Å². The van der Waals surface area contributed by atoms with Gasteiger partial charge in [0.1, 0.15) is 5.82 Å². The van der Waals surface area contributed by atoms with Crippen LogP contribution in [0.25, 0.3) is 10.4 Å². The molecule has 1 aromatic carbocycles. The van der Waals surface area contributed by atoms with Crippen LogP contribution in [0.4, 0.5) is 4.39 Å². The molecule has 0 bridgehead atoms. The first-order valence-corrected chi connectivity index (χ1v) is 8.25. The number of aliphatic hydroxyl groups excluding tert-OH is 1. The van der Waals surface area contributed by atoms with Gasteiger partial charge in [-0.25, -0.2) is 4.39 Å². The number of hydrogen-bond acceptors (Lipinski definition) is 3. The zero-order valence-electron chi connectivity index (χ0n) is 12.2. The Labute approximate surface area is 133 Å². The summed E-state index contributed by atoms with van der Waals surface area (Å²) in [5, 5.41) is 9.27. The maximum Gasteiger partial charge on any atom is 0.263 e. The predicted octanol–water partition coefficient (Wildman–Crippen LogP) is 3.40. The van der Waals surface area contributed by atoms with E-state index in [-0.39, 0.29) is 24.2 Å². The van der Waals surface area contributed by atoms with Crippen LogP contribution >= 0.6 is 11.3 Å². The lowest BCUT2D eigenvalue weighted by molar-refractivity contribution is 0.0625. The maximum atomic E-state index is 13.8. The number of carbonyl (C=O) groups excluding carboxylic acids is 1. The second kappa shape index (κ2) is 6.58. The number of amides is 1. The molecule has 0 saturated carbocycles. The third kappa shape index (κ3) is 3.05. The van der Waals surface area contributed by atoms with Crippen molar-refractivity contribution in [2.75, 3.05) is 19.7 Å². The lowest BCUT2D eigenvalue weighted by atomic mass is 9.99. The van der Waals surface area contributed by atoms with Gasteiger partial charge in [-0.2, -0.15) is 0 Å². The predicted molar refractivity (Wildman–Crippen MR) is 85.4 cm³/mol. The number of hydrogen-bond donors (Lipinski definition) is 1. The van der Waals surface area contributed by atoms with E-state index in [0.717, 1.165) is 24.3 Å². The number of rotatable bonds is 3. The minimum atomic E-state index is -0.276. The third-order valence-corrected chi connectivity index (χ3v) is 5.13. The minimum Gasteiger partial charge on any atom is -0.396 e. The van der Waals surface area contributed by atoms with Crippen molar-refractivity contribution in [2.45, 2.75) is 12.8 Å². The van der Waals surface area contributed by atoms with Crippen molar-refractivity contribution >= 4 is 17.2 Å². The molecule has 5 heteroatoms. The van der Waals surface area contributed by atoms with Gasteiger partial charge in [-0.05, 0) is 37.0 Å². The molecule has 0 aliphatic carbocycles. The monoisotopic (exact) mass is 319 g/mol. The molecular formula is C17H18FNO2S. The van der Waals surface area contributed by atoms with Crippen molar-refractivity contribution in [1.82, 2.24) is 4.90 Å². The van der Waals surface area contributed by atoms with Gasteiger partial charge in [0.15, 0.2) is 0 Å². The Morgan fingerprint density at radius 2 is 2.14 bits per heavy atom. The SMILES string of the molecule is O=C(c1ccc(-c2ccccc2F)s1)N1CCCC(CO)C1. The van der Waals surface area contributed by atoms with Crippen molar-refractivity contribution in [1.29, 1.82) is 0 Å². The Morgan fingerprint density at radius 1 is 1.32 bits per heavy atom. The van der Waals surface area contributed by atoms with Gasteiger partial charge in [-0.3, -0.25) is 4.79 Å². The number of piperidine rings is 1. The van der Waals surface area contributed by atoms with Crippen LogP contribution in [-0.4, -0.2) is 35.6 Å². The number of nitrogens with zero attached hydrogens (tertiary/aromatic N) is 1. The van der Waals surface area contributed by atoms with Crippen LogP contribution in [0.1, 0.15) is 22.5 Å². The van der Waals surface area contributed by atoms with E-state index < -0.39 is 0 Å². The molecule has 0 radical (unpaired) electrons. The Bertz CT molecular complexity index is 670. The van der Waals surface area contributed by atoms with E-state index in [9.17, 15) is 14.3 Å². The summed E-state index contributed by atoms with van der Waals surface area (Å²) in [7, 11) is 0. The summed E-state index contributed by atoms with van der Waals surface area (Å²) in [4.78, 5) is 15.7. The van der Waals surface area contributed by atoms with Crippen molar-refractivity contribution in [3.05, 3.63) is 47.1 Å². The second-order valence-corrected chi connectivity index (χ2v) is 6.67. The number of aliphatic hydroxyl groups is 1. The maximum absolute atomic E-state index is 13.8. The number of likely N-dealkylation sites (tertiary alicyclic amines) is 1. The van der Waals surface area contributed by atoms with Crippen LogP contribution in [0.3, 0.4) is 0 Å².